The van der Waals surface area contributed by atoms with Crippen LogP contribution in [0.1, 0.15) is 27.2 Å². The van der Waals surface area contributed by atoms with Crippen LogP contribution < -0.4 is 5.73 Å². The molecule has 2 N–H and O–H groups in total. The molecule has 0 rings (SSSR count). The van der Waals surface area contributed by atoms with Crippen LogP contribution in [0.15, 0.2) is 0 Å². The smallest absolute Gasteiger partial charge is 0.326 e. The Morgan fingerprint density at radius 1 is 1.29 bits per heavy atom. The fraction of sp³-hybridized carbons (Fsp3) is 0.750. The minimum Gasteiger partial charge on any atom is -0.333 e. The third-order valence-electron chi connectivity index (χ3n) is 1.48. The molecule has 6 nitrogen and oxygen atoms in total. The second-order valence-electron chi connectivity index (χ2n) is 2.75. The number of hydrogen-bond acceptors (Lipinski definition) is 6. The van der Waals surface area contributed by atoms with E-state index in [1.807, 2.05) is 6.92 Å². The Hall–Kier alpha value is -1.14. The van der Waals surface area contributed by atoms with Gasteiger partial charge in [0, 0.05) is 25.6 Å². The molecule has 0 heterocycles. The largest absolute Gasteiger partial charge is 0.333 e. The Morgan fingerprint density at radius 3 is 1.93 bits per heavy atom. The van der Waals surface area contributed by atoms with Gasteiger partial charge in [0.05, 0.1) is 6.04 Å². The molecule has 1 unspecified atom stereocenters. The highest BCUT2D eigenvalue weighted by Gasteiger charge is 2.21. The van der Waals surface area contributed by atoms with Crippen molar-refractivity contribution in [3.8, 4) is 0 Å². The lowest BCUT2D eigenvalue weighted by Gasteiger charge is -2.24. The van der Waals surface area contributed by atoms with E-state index in [-0.39, 0.29) is 12.6 Å². The lowest BCUT2D eigenvalue weighted by molar-refractivity contribution is -0.341. The van der Waals surface area contributed by atoms with Crippen molar-refractivity contribution in [3.63, 3.8) is 0 Å². The third-order valence-corrected chi connectivity index (χ3v) is 1.48. The number of hydroxylamine groups is 2. The van der Waals surface area contributed by atoms with Crippen molar-refractivity contribution in [2.24, 2.45) is 5.73 Å². The molecule has 0 saturated carbocycles. The zero-order valence-corrected chi connectivity index (χ0v) is 8.65. The number of nitrogens with zero attached hydrogens (tertiary/aromatic N) is 1. The molecule has 0 bridgehead atoms. The van der Waals surface area contributed by atoms with Gasteiger partial charge >= 0.3 is 11.9 Å². The first-order chi connectivity index (χ1) is 6.51. The van der Waals surface area contributed by atoms with Gasteiger partial charge in [-0.15, -0.1) is 0 Å². The Balaban J connectivity index is 4.35. The first-order valence-corrected chi connectivity index (χ1v) is 4.37. The van der Waals surface area contributed by atoms with Crippen LogP contribution in [0.5, 0.6) is 0 Å². The zero-order chi connectivity index (χ0) is 11.1. The van der Waals surface area contributed by atoms with E-state index in [1.165, 1.54) is 13.8 Å². The van der Waals surface area contributed by atoms with E-state index in [2.05, 4.69) is 9.68 Å². The van der Waals surface area contributed by atoms with Crippen molar-refractivity contribution in [2.45, 2.75) is 33.2 Å². The number of carbonyl (C=O) groups excluding carboxylic acids is 2. The van der Waals surface area contributed by atoms with Gasteiger partial charge in [-0.3, -0.25) is 9.59 Å². The topological polar surface area (TPSA) is 81.9 Å². The summed E-state index contributed by atoms with van der Waals surface area (Å²) in [6.07, 6.45) is 0.608. The number of rotatable bonds is 5. The summed E-state index contributed by atoms with van der Waals surface area (Å²) in [5.41, 5.74) is 5.41. The summed E-state index contributed by atoms with van der Waals surface area (Å²) in [5.74, 6) is -1.11. The second kappa shape index (κ2) is 6.33. The zero-order valence-electron chi connectivity index (χ0n) is 8.65. The highest BCUT2D eigenvalue weighted by atomic mass is 17.0. The summed E-state index contributed by atoms with van der Waals surface area (Å²) in [5, 5.41) is 0.852. The van der Waals surface area contributed by atoms with Gasteiger partial charge in [0.2, 0.25) is 0 Å². The minimum absolute atomic E-state index is 0.233. The van der Waals surface area contributed by atoms with Crippen LogP contribution in [-0.2, 0) is 19.3 Å². The average Bonchev–Trinajstić information content (AvgIpc) is 2.03. The third kappa shape index (κ3) is 4.78. The van der Waals surface area contributed by atoms with Gasteiger partial charge in [-0.2, -0.15) is 0 Å². The fourth-order valence-corrected chi connectivity index (χ4v) is 0.823. The van der Waals surface area contributed by atoms with Gasteiger partial charge in [-0.05, 0) is 6.42 Å². The molecular formula is C8H16N2O4. The van der Waals surface area contributed by atoms with Gasteiger partial charge in [0.1, 0.15) is 0 Å². The van der Waals surface area contributed by atoms with Crippen LogP contribution in [0.25, 0.3) is 0 Å². The van der Waals surface area contributed by atoms with E-state index < -0.39 is 11.9 Å². The fourth-order valence-electron chi connectivity index (χ4n) is 0.823. The van der Waals surface area contributed by atoms with Crippen LogP contribution in [-0.4, -0.2) is 29.8 Å². The maximum atomic E-state index is 10.7. The van der Waals surface area contributed by atoms with Crippen LogP contribution in [0, 0.1) is 0 Å². The van der Waals surface area contributed by atoms with E-state index in [0.29, 0.717) is 6.42 Å². The van der Waals surface area contributed by atoms with Crippen LogP contribution in [0.2, 0.25) is 0 Å². The second-order valence-corrected chi connectivity index (χ2v) is 2.75. The summed E-state index contributed by atoms with van der Waals surface area (Å²) in [6, 6.07) is -0.317. The van der Waals surface area contributed by atoms with Gasteiger partial charge in [-0.25, -0.2) is 0 Å². The molecule has 1 atom stereocenters. The Bertz CT molecular complexity index is 188. The Labute approximate surface area is 82.9 Å². The first kappa shape index (κ1) is 12.9. The summed E-state index contributed by atoms with van der Waals surface area (Å²) >= 11 is 0. The van der Waals surface area contributed by atoms with Crippen LogP contribution in [0.4, 0.5) is 0 Å². The number of hydrogen-bond donors (Lipinski definition) is 1. The highest BCUT2D eigenvalue weighted by Crippen LogP contribution is 2.05. The standard InChI is InChI=1S/C8H16N2O4/c1-4-8(5-9)10(13-6(2)11)14-7(3)12/h8H,4-5,9H2,1-3H3. The summed E-state index contributed by atoms with van der Waals surface area (Å²) in [7, 11) is 0. The van der Waals surface area contributed by atoms with Crippen LogP contribution >= 0.6 is 0 Å². The monoisotopic (exact) mass is 204 g/mol. The SMILES string of the molecule is CCC(CN)N(OC(C)=O)OC(C)=O. The van der Waals surface area contributed by atoms with Crippen molar-refractivity contribution in [3.05, 3.63) is 0 Å². The lowest BCUT2D eigenvalue weighted by Crippen LogP contribution is -2.42. The molecule has 0 spiro atoms. The number of nitrogens with two attached hydrogens (primary N) is 1. The molecule has 0 aliphatic carbocycles. The quantitative estimate of drug-likeness (QED) is 0.634. The van der Waals surface area contributed by atoms with E-state index in [4.69, 9.17) is 5.73 Å². The van der Waals surface area contributed by atoms with Crippen molar-refractivity contribution >= 4 is 11.9 Å². The van der Waals surface area contributed by atoms with Crippen molar-refractivity contribution in [1.82, 2.24) is 5.23 Å². The van der Waals surface area contributed by atoms with E-state index >= 15 is 0 Å². The number of carbonyl (C=O) groups is 2. The van der Waals surface area contributed by atoms with E-state index in [0.717, 1.165) is 5.23 Å². The Kier molecular flexibility index (Phi) is 5.82. The maximum absolute atomic E-state index is 10.7. The summed E-state index contributed by atoms with van der Waals surface area (Å²) < 4.78 is 0. The normalized spacial score (nSPS) is 12.4. The van der Waals surface area contributed by atoms with Gasteiger partial charge in [0.25, 0.3) is 0 Å². The first-order valence-electron chi connectivity index (χ1n) is 4.37. The molecule has 0 aliphatic heterocycles. The summed E-state index contributed by atoms with van der Waals surface area (Å²) in [6.45, 7) is 4.52. The minimum atomic E-state index is -0.557. The molecule has 0 aromatic rings. The molecule has 0 amide bonds. The van der Waals surface area contributed by atoms with Gasteiger partial charge in [0.15, 0.2) is 0 Å². The molecule has 6 heteroatoms. The van der Waals surface area contributed by atoms with Gasteiger partial charge in [-0.1, -0.05) is 6.92 Å². The van der Waals surface area contributed by atoms with Crippen molar-refractivity contribution in [2.75, 3.05) is 6.54 Å². The lowest BCUT2D eigenvalue weighted by atomic mass is 10.2. The van der Waals surface area contributed by atoms with E-state index in [9.17, 15) is 9.59 Å². The van der Waals surface area contributed by atoms with Crippen LogP contribution in [0.3, 0.4) is 0 Å². The molecule has 0 radical (unpaired) electrons. The van der Waals surface area contributed by atoms with E-state index in [1.54, 1.807) is 0 Å². The molecule has 0 aromatic carbocycles. The maximum Gasteiger partial charge on any atom is 0.326 e. The van der Waals surface area contributed by atoms with Gasteiger partial charge < -0.3 is 15.4 Å². The molecule has 82 valence electrons. The molecule has 0 saturated heterocycles. The predicted octanol–water partition coefficient (Wildman–Crippen LogP) is -0.0181. The molecular weight excluding hydrogens is 188 g/mol. The predicted molar refractivity (Wildman–Crippen MR) is 48.5 cm³/mol. The summed E-state index contributed by atoms with van der Waals surface area (Å²) in [4.78, 5) is 30.7. The Morgan fingerprint density at radius 2 is 1.71 bits per heavy atom. The molecule has 0 aliphatic rings. The van der Waals surface area contributed by atoms with Crippen molar-refractivity contribution in [1.29, 1.82) is 0 Å². The molecule has 14 heavy (non-hydrogen) atoms. The molecule has 0 fully saturated rings. The molecule has 0 aromatic heterocycles. The van der Waals surface area contributed by atoms with Crippen molar-refractivity contribution < 1.29 is 19.3 Å². The average molecular weight is 204 g/mol. The highest BCUT2D eigenvalue weighted by molar-refractivity contribution is 5.67.